The normalized spacial score (nSPS) is 14.1. The summed E-state index contributed by atoms with van der Waals surface area (Å²) in [6, 6.07) is 4.19. The molecule has 34 heavy (non-hydrogen) atoms. The van der Waals surface area contributed by atoms with E-state index in [1.165, 1.54) is 26.1 Å². The Morgan fingerprint density at radius 2 is 1.91 bits per heavy atom. The van der Waals surface area contributed by atoms with Gasteiger partial charge in [0.2, 0.25) is 5.91 Å². The van der Waals surface area contributed by atoms with Crippen molar-refractivity contribution in [3.63, 3.8) is 0 Å². The van der Waals surface area contributed by atoms with Crippen LogP contribution in [-0.2, 0) is 23.3 Å². The van der Waals surface area contributed by atoms with Gasteiger partial charge in [-0.1, -0.05) is 20.8 Å². The maximum Gasteiger partial charge on any atom is 0.280 e. The number of pyridine rings is 1. The second-order valence-corrected chi connectivity index (χ2v) is 10.2. The van der Waals surface area contributed by atoms with Crippen molar-refractivity contribution in [2.75, 3.05) is 11.9 Å². The molecule has 1 aliphatic rings. The van der Waals surface area contributed by atoms with Gasteiger partial charge in [0.25, 0.3) is 11.5 Å². The summed E-state index contributed by atoms with van der Waals surface area (Å²) in [4.78, 5) is 44.7. The van der Waals surface area contributed by atoms with Crippen molar-refractivity contribution < 1.29 is 19.1 Å². The molecule has 0 radical (unpaired) electrons. The Morgan fingerprint density at radius 3 is 2.50 bits per heavy atom. The van der Waals surface area contributed by atoms with Crippen molar-refractivity contribution >= 4 is 23.3 Å². The van der Waals surface area contributed by atoms with E-state index in [1.807, 2.05) is 20.8 Å². The number of anilines is 1. The number of carbonyl (C=O) groups excluding carboxylic acids is 2. The third-order valence-corrected chi connectivity index (χ3v) is 5.45. The number of nitrogens with one attached hydrogen (secondary N) is 1. The minimum atomic E-state index is -1.17. The summed E-state index contributed by atoms with van der Waals surface area (Å²) in [5.41, 5.74) is -0.765. The predicted molar refractivity (Wildman–Crippen MR) is 122 cm³/mol. The molecule has 0 unspecified atom stereocenters. The predicted octanol–water partition coefficient (Wildman–Crippen LogP) is 1.69. The van der Waals surface area contributed by atoms with Gasteiger partial charge in [0.1, 0.15) is 29.5 Å². The highest BCUT2D eigenvalue weighted by Gasteiger charge is 2.37. The highest BCUT2D eigenvalue weighted by molar-refractivity contribution is 5.98. The summed E-state index contributed by atoms with van der Waals surface area (Å²) in [6.07, 6.45) is 0.982. The molecule has 0 aromatic carbocycles. The number of nitrogens with zero attached hydrogens (tertiary/aromatic N) is 5. The first-order chi connectivity index (χ1) is 15.7. The van der Waals surface area contributed by atoms with Crippen molar-refractivity contribution in [2.24, 2.45) is 0 Å². The van der Waals surface area contributed by atoms with Crippen LogP contribution in [0, 0.1) is 5.82 Å². The minimum Gasteiger partial charge on any atom is -0.389 e. The minimum absolute atomic E-state index is 0.00121. The molecule has 4 heterocycles. The number of carbonyl (C=O) groups is 2. The first-order valence-electron chi connectivity index (χ1n) is 10.8. The zero-order chi connectivity index (χ0) is 25.0. The molecular formula is C23H27FN6O4. The first-order valence-corrected chi connectivity index (χ1v) is 10.8. The number of hydrogen-bond donors (Lipinski definition) is 2. The van der Waals surface area contributed by atoms with Gasteiger partial charge < -0.3 is 19.9 Å². The molecule has 2 amide bonds. The quantitative estimate of drug-likeness (QED) is 0.585. The monoisotopic (exact) mass is 470 g/mol. The van der Waals surface area contributed by atoms with Gasteiger partial charge in [0.15, 0.2) is 0 Å². The van der Waals surface area contributed by atoms with E-state index in [-0.39, 0.29) is 42.1 Å². The topological polar surface area (TPSA) is 122 Å². The van der Waals surface area contributed by atoms with E-state index < -0.39 is 28.8 Å². The number of aromatic nitrogens is 4. The number of β-amino-alcohol motifs (C(OH)–C–C–N with tert-alkyl or cyclic N) is 1. The summed E-state index contributed by atoms with van der Waals surface area (Å²) >= 11 is 0. The zero-order valence-electron chi connectivity index (χ0n) is 19.7. The smallest absolute Gasteiger partial charge is 0.280 e. The number of amides is 2. The van der Waals surface area contributed by atoms with Gasteiger partial charge in [-0.15, -0.1) is 0 Å². The average molecular weight is 471 g/mol. The Bertz CT molecular complexity index is 1350. The molecule has 0 aliphatic carbocycles. The van der Waals surface area contributed by atoms with Crippen molar-refractivity contribution in [2.45, 2.75) is 58.7 Å². The lowest BCUT2D eigenvalue weighted by atomic mass is 9.93. The van der Waals surface area contributed by atoms with Gasteiger partial charge in [-0.3, -0.25) is 14.4 Å². The largest absolute Gasteiger partial charge is 0.389 e. The van der Waals surface area contributed by atoms with Crippen LogP contribution in [0.5, 0.6) is 0 Å². The van der Waals surface area contributed by atoms with E-state index in [0.29, 0.717) is 11.3 Å². The molecule has 0 fully saturated rings. The zero-order valence-corrected chi connectivity index (χ0v) is 19.7. The number of rotatable bonds is 5. The Hall–Kier alpha value is -3.60. The highest BCUT2D eigenvalue weighted by atomic mass is 19.1. The fraction of sp³-hybridized carbons (Fsp3) is 0.435. The van der Waals surface area contributed by atoms with Crippen LogP contribution < -0.4 is 10.9 Å². The van der Waals surface area contributed by atoms with E-state index in [1.54, 1.807) is 19.9 Å². The van der Waals surface area contributed by atoms with Crippen LogP contribution in [-0.4, -0.2) is 53.1 Å². The van der Waals surface area contributed by atoms with Crippen LogP contribution in [0.2, 0.25) is 0 Å². The van der Waals surface area contributed by atoms with Crippen LogP contribution in [0.15, 0.2) is 29.2 Å². The number of hydrogen-bond acceptors (Lipinski definition) is 6. The molecule has 3 aromatic heterocycles. The fourth-order valence-electron chi connectivity index (χ4n) is 3.92. The summed E-state index contributed by atoms with van der Waals surface area (Å²) in [7, 11) is 0. The van der Waals surface area contributed by atoms with Gasteiger partial charge >= 0.3 is 0 Å². The molecule has 0 saturated carbocycles. The Labute approximate surface area is 195 Å². The standard InChI is InChI=1S/C23H27FN6O4/c1-22(2,3)15-8-18-29(11-17(31)26-16-7-6-13(24)9-25-16)19-14(20(32)30(18)27-15)10-28(21(19)33)12-23(4,5)34/h6-9,34H,10-12H2,1-5H3,(H,25,26,31). The molecule has 180 valence electrons. The van der Waals surface area contributed by atoms with Gasteiger partial charge in [-0.25, -0.2) is 9.37 Å². The third kappa shape index (κ3) is 4.43. The summed E-state index contributed by atoms with van der Waals surface area (Å²) < 4.78 is 15.8. The molecule has 0 saturated heterocycles. The summed E-state index contributed by atoms with van der Waals surface area (Å²) in [5.74, 6) is -1.36. The van der Waals surface area contributed by atoms with Crippen LogP contribution >= 0.6 is 0 Å². The van der Waals surface area contributed by atoms with E-state index >= 15 is 0 Å². The molecule has 4 rings (SSSR count). The van der Waals surface area contributed by atoms with E-state index in [9.17, 15) is 23.9 Å². The second kappa shape index (κ2) is 8.01. The van der Waals surface area contributed by atoms with Crippen LogP contribution in [0.3, 0.4) is 0 Å². The Kier molecular flexibility index (Phi) is 5.55. The third-order valence-electron chi connectivity index (χ3n) is 5.45. The second-order valence-electron chi connectivity index (χ2n) is 10.2. The SMILES string of the molecule is CC(C)(O)CN1Cc2c(n(CC(=O)Nc3ccc(F)cn3)c3cc(C(C)(C)C)nn3c2=O)C1=O. The molecule has 10 nitrogen and oxygen atoms in total. The molecular weight excluding hydrogens is 443 g/mol. The molecule has 3 aromatic rings. The lowest BCUT2D eigenvalue weighted by Gasteiger charge is -2.24. The van der Waals surface area contributed by atoms with Crippen LogP contribution in [0.4, 0.5) is 10.2 Å². The maximum absolute atomic E-state index is 13.3. The van der Waals surface area contributed by atoms with Crippen molar-refractivity contribution in [3.05, 3.63) is 57.5 Å². The highest BCUT2D eigenvalue weighted by Crippen LogP contribution is 2.27. The first kappa shape index (κ1) is 23.6. The molecule has 11 heteroatoms. The van der Waals surface area contributed by atoms with Gasteiger partial charge in [-0.05, 0) is 26.0 Å². The van der Waals surface area contributed by atoms with Crippen molar-refractivity contribution in [1.82, 2.24) is 24.1 Å². The Morgan fingerprint density at radius 1 is 1.21 bits per heavy atom. The van der Waals surface area contributed by atoms with Crippen LogP contribution in [0.25, 0.3) is 5.65 Å². The molecule has 0 bridgehead atoms. The van der Waals surface area contributed by atoms with E-state index in [4.69, 9.17) is 0 Å². The molecule has 1 aliphatic heterocycles. The van der Waals surface area contributed by atoms with Crippen molar-refractivity contribution in [1.29, 1.82) is 0 Å². The summed E-state index contributed by atoms with van der Waals surface area (Å²) in [6.45, 7) is 8.69. The summed E-state index contributed by atoms with van der Waals surface area (Å²) in [5, 5.41) is 17.3. The van der Waals surface area contributed by atoms with Gasteiger partial charge in [0.05, 0.1) is 29.6 Å². The Balaban J connectivity index is 1.82. The average Bonchev–Trinajstić information content (AvgIpc) is 3.29. The van der Waals surface area contributed by atoms with Crippen molar-refractivity contribution in [3.8, 4) is 0 Å². The maximum atomic E-state index is 13.3. The molecule has 0 atom stereocenters. The number of fused-ring (bicyclic) bond motifs is 2. The van der Waals surface area contributed by atoms with E-state index in [2.05, 4.69) is 15.4 Å². The number of aliphatic hydroxyl groups is 1. The van der Waals surface area contributed by atoms with Crippen LogP contribution in [0.1, 0.15) is 56.4 Å². The van der Waals surface area contributed by atoms with E-state index in [0.717, 1.165) is 6.20 Å². The fourth-order valence-corrected chi connectivity index (χ4v) is 3.92. The molecule has 2 N–H and O–H groups in total. The lowest BCUT2D eigenvalue weighted by molar-refractivity contribution is -0.116. The molecule has 0 spiro atoms. The van der Waals surface area contributed by atoms with Gasteiger partial charge in [-0.2, -0.15) is 9.61 Å². The number of halogens is 1. The van der Waals surface area contributed by atoms with Gasteiger partial charge in [0, 0.05) is 18.0 Å². The lowest BCUT2D eigenvalue weighted by Crippen LogP contribution is -2.39.